The number of carbonyl (C=O) groups excluding carboxylic acids is 1. The van der Waals surface area contributed by atoms with Crippen LogP contribution in [0.1, 0.15) is 30.8 Å². The third-order valence-electron chi connectivity index (χ3n) is 4.33. The van der Waals surface area contributed by atoms with Gasteiger partial charge in [-0.05, 0) is 37.5 Å². The molecular weight excluding hydrogens is 316 g/mol. The molecule has 0 saturated heterocycles. The molecule has 2 N–H and O–H groups in total. The molecule has 2 heterocycles. The summed E-state index contributed by atoms with van der Waals surface area (Å²) in [5, 5.41) is 11.0. The lowest BCUT2D eigenvalue weighted by Crippen LogP contribution is -2.24. The van der Waals surface area contributed by atoms with Crippen LogP contribution in [0.2, 0.25) is 0 Å². The quantitative estimate of drug-likeness (QED) is 0.643. The first kappa shape index (κ1) is 17.0. The first-order valence-corrected chi connectivity index (χ1v) is 8.44. The number of nitrogens with zero attached hydrogens (tertiary/aromatic N) is 2. The van der Waals surface area contributed by atoms with Gasteiger partial charge in [0.25, 0.3) is 0 Å². The maximum Gasteiger partial charge on any atom is 0.359 e. The van der Waals surface area contributed by atoms with Crippen LogP contribution in [-0.2, 0) is 4.74 Å². The Kier molecular flexibility index (Phi) is 5.28. The molecule has 6 heteroatoms. The number of aromatic nitrogens is 3. The number of aromatic amines is 1. The smallest absolute Gasteiger partial charge is 0.359 e. The fraction of sp³-hybridized carbons (Fsp3) is 0.316. The van der Waals surface area contributed by atoms with Crippen molar-refractivity contribution < 1.29 is 9.53 Å². The van der Waals surface area contributed by atoms with Crippen LogP contribution in [0.25, 0.3) is 10.9 Å². The second-order valence-electron chi connectivity index (χ2n) is 6.14. The SMILES string of the molecule is CC(CCNc1ccccn1)C(C)OC(=O)c1n[nH]c2ccccc12. The van der Waals surface area contributed by atoms with Crippen LogP contribution in [0, 0.1) is 5.92 Å². The first-order chi connectivity index (χ1) is 12.1. The maximum absolute atomic E-state index is 12.4. The summed E-state index contributed by atoms with van der Waals surface area (Å²) in [5.74, 6) is 0.669. The zero-order chi connectivity index (χ0) is 17.6. The number of fused-ring (bicyclic) bond motifs is 1. The highest BCUT2D eigenvalue weighted by Crippen LogP contribution is 2.19. The average Bonchev–Trinajstić information content (AvgIpc) is 3.06. The molecule has 3 aromatic rings. The second-order valence-corrected chi connectivity index (χ2v) is 6.14. The highest BCUT2D eigenvalue weighted by molar-refractivity contribution is 6.01. The van der Waals surface area contributed by atoms with Gasteiger partial charge >= 0.3 is 5.97 Å². The van der Waals surface area contributed by atoms with Gasteiger partial charge in [0, 0.05) is 18.1 Å². The molecule has 2 aromatic heterocycles. The lowest BCUT2D eigenvalue weighted by molar-refractivity contribution is 0.0207. The van der Waals surface area contributed by atoms with Gasteiger partial charge < -0.3 is 10.1 Å². The highest BCUT2D eigenvalue weighted by atomic mass is 16.5. The molecule has 0 aliphatic rings. The van der Waals surface area contributed by atoms with Gasteiger partial charge in [0.15, 0.2) is 5.69 Å². The number of rotatable bonds is 7. The standard InChI is InChI=1S/C19H22N4O2/c1-13(10-12-21-17-9-5-6-11-20-17)14(2)25-19(24)18-15-7-3-4-8-16(15)22-23-18/h3-9,11,13-14H,10,12H2,1-2H3,(H,20,21)(H,22,23). The fourth-order valence-electron chi connectivity index (χ4n) is 2.59. The van der Waals surface area contributed by atoms with Gasteiger partial charge in [-0.2, -0.15) is 5.10 Å². The Hall–Kier alpha value is -2.89. The third kappa shape index (κ3) is 4.15. The zero-order valence-corrected chi connectivity index (χ0v) is 14.4. The topological polar surface area (TPSA) is 79.9 Å². The Labute approximate surface area is 146 Å². The van der Waals surface area contributed by atoms with E-state index in [1.54, 1.807) is 6.20 Å². The molecule has 2 atom stereocenters. The maximum atomic E-state index is 12.4. The second kappa shape index (κ2) is 7.79. The van der Waals surface area contributed by atoms with Crippen molar-refractivity contribution in [2.45, 2.75) is 26.4 Å². The van der Waals surface area contributed by atoms with Gasteiger partial charge in [0.05, 0.1) is 5.52 Å². The Morgan fingerprint density at radius 1 is 1.20 bits per heavy atom. The molecule has 0 aliphatic carbocycles. The average molecular weight is 338 g/mol. The van der Waals surface area contributed by atoms with Crippen molar-refractivity contribution >= 4 is 22.7 Å². The van der Waals surface area contributed by atoms with E-state index in [1.807, 2.05) is 49.4 Å². The molecule has 2 unspecified atom stereocenters. The number of nitrogens with one attached hydrogen (secondary N) is 2. The highest BCUT2D eigenvalue weighted by Gasteiger charge is 2.21. The van der Waals surface area contributed by atoms with Crippen molar-refractivity contribution in [3.8, 4) is 0 Å². The van der Waals surface area contributed by atoms with Gasteiger partial charge in [-0.15, -0.1) is 0 Å². The molecule has 0 fully saturated rings. The van der Waals surface area contributed by atoms with Crippen molar-refractivity contribution in [2.75, 3.05) is 11.9 Å². The molecule has 130 valence electrons. The van der Waals surface area contributed by atoms with Gasteiger partial charge in [0.1, 0.15) is 11.9 Å². The summed E-state index contributed by atoms with van der Waals surface area (Å²) < 4.78 is 5.60. The number of anilines is 1. The van der Waals surface area contributed by atoms with Crippen LogP contribution in [0.5, 0.6) is 0 Å². The third-order valence-corrected chi connectivity index (χ3v) is 4.33. The number of ether oxygens (including phenoxy) is 1. The minimum atomic E-state index is -0.394. The predicted octanol–water partition coefficient (Wildman–Crippen LogP) is 3.64. The number of esters is 1. The molecule has 0 saturated carbocycles. The summed E-state index contributed by atoms with van der Waals surface area (Å²) in [5.41, 5.74) is 1.16. The molecule has 0 aliphatic heterocycles. The van der Waals surface area contributed by atoms with Crippen molar-refractivity contribution in [1.82, 2.24) is 15.2 Å². The number of para-hydroxylation sites is 1. The number of hydrogen-bond acceptors (Lipinski definition) is 5. The van der Waals surface area contributed by atoms with E-state index in [0.29, 0.717) is 5.69 Å². The van der Waals surface area contributed by atoms with E-state index in [1.165, 1.54) is 0 Å². The van der Waals surface area contributed by atoms with Crippen molar-refractivity contribution in [1.29, 1.82) is 0 Å². The predicted molar refractivity (Wildman–Crippen MR) is 97.5 cm³/mol. The molecule has 3 rings (SSSR count). The number of pyridine rings is 1. The van der Waals surface area contributed by atoms with E-state index in [2.05, 4.69) is 27.4 Å². The van der Waals surface area contributed by atoms with Crippen LogP contribution in [-0.4, -0.2) is 33.8 Å². The first-order valence-electron chi connectivity index (χ1n) is 8.44. The van der Waals surface area contributed by atoms with Gasteiger partial charge in [0.2, 0.25) is 0 Å². The molecule has 25 heavy (non-hydrogen) atoms. The zero-order valence-electron chi connectivity index (χ0n) is 14.4. The largest absolute Gasteiger partial charge is 0.458 e. The molecule has 0 amide bonds. The summed E-state index contributed by atoms with van der Waals surface area (Å²) in [4.78, 5) is 16.6. The molecular formula is C19H22N4O2. The van der Waals surface area contributed by atoms with Crippen molar-refractivity contribution in [3.05, 3.63) is 54.4 Å². The van der Waals surface area contributed by atoms with Crippen LogP contribution < -0.4 is 5.32 Å². The van der Waals surface area contributed by atoms with Gasteiger partial charge in [-0.1, -0.05) is 31.2 Å². The summed E-state index contributed by atoms with van der Waals surface area (Å²) in [6, 6.07) is 13.3. The lowest BCUT2D eigenvalue weighted by atomic mass is 10.0. The summed E-state index contributed by atoms with van der Waals surface area (Å²) in [6.45, 7) is 4.75. The minimum Gasteiger partial charge on any atom is -0.458 e. The van der Waals surface area contributed by atoms with Crippen LogP contribution >= 0.6 is 0 Å². The molecule has 6 nitrogen and oxygen atoms in total. The Bertz CT molecular complexity index is 832. The number of benzene rings is 1. The summed E-state index contributed by atoms with van der Waals surface area (Å²) >= 11 is 0. The molecule has 1 aromatic carbocycles. The lowest BCUT2D eigenvalue weighted by Gasteiger charge is -2.20. The molecule has 0 radical (unpaired) electrons. The number of H-pyrrole nitrogens is 1. The van der Waals surface area contributed by atoms with Crippen LogP contribution in [0.3, 0.4) is 0 Å². The molecule has 0 bridgehead atoms. The van der Waals surface area contributed by atoms with Crippen molar-refractivity contribution in [2.24, 2.45) is 5.92 Å². The van der Waals surface area contributed by atoms with Crippen LogP contribution in [0.15, 0.2) is 48.7 Å². The van der Waals surface area contributed by atoms with E-state index in [0.717, 1.165) is 29.7 Å². The van der Waals surface area contributed by atoms with Gasteiger partial charge in [-0.25, -0.2) is 9.78 Å². The van der Waals surface area contributed by atoms with Crippen LogP contribution in [0.4, 0.5) is 5.82 Å². The monoisotopic (exact) mass is 338 g/mol. The van der Waals surface area contributed by atoms with E-state index < -0.39 is 5.97 Å². The van der Waals surface area contributed by atoms with E-state index >= 15 is 0 Å². The number of carbonyl (C=O) groups is 1. The summed E-state index contributed by atoms with van der Waals surface area (Å²) in [6.07, 6.45) is 2.42. The number of hydrogen-bond donors (Lipinski definition) is 2. The van der Waals surface area contributed by atoms with Gasteiger partial charge in [-0.3, -0.25) is 5.10 Å². The van der Waals surface area contributed by atoms with E-state index in [9.17, 15) is 4.79 Å². The van der Waals surface area contributed by atoms with E-state index in [4.69, 9.17) is 4.74 Å². The fourth-order valence-corrected chi connectivity index (χ4v) is 2.59. The molecule has 0 spiro atoms. The normalized spacial score (nSPS) is 13.4. The summed E-state index contributed by atoms with van der Waals surface area (Å²) in [7, 11) is 0. The Morgan fingerprint density at radius 3 is 2.80 bits per heavy atom. The van der Waals surface area contributed by atoms with Crippen molar-refractivity contribution in [3.63, 3.8) is 0 Å². The minimum absolute atomic E-state index is 0.200. The Morgan fingerprint density at radius 2 is 2.00 bits per heavy atom. The Balaban J connectivity index is 1.52. The van der Waals surface area contributed by atoms with E-state index in [-0.39, 0.29) is 12.0 Å².